The smallest absolute Gasteiger partial charge is 0.246 e. The third-order valence-corrected chi connectivity index (χ3v) is 2.16. The molecule has 1 aromatic carbocycles. The van der Waals surface area contributed by atoms with Gasteiger partial charge in [0.15, 0.2) is 0 Å². The lowest BCUT2D eigenvalue weighted by Crippen LogP contribution is -2.45. The zero-order valence-electron chi connectivity index (χ0n) is 8.76. The minimum Gasteiger partial charge on any atom is -0.394 e. The van der Waals surface area contributed by atoms with Gasteiger partial charge < -0.3 is 15.7 Å². The van der Waals surface area contributed by atoms with Crippen LogP contribution < -0.4 is 10.6 Å². The summed E-state index contributed by atoms with van der Waals surface area (Å²) < 4.78 is 0. The van der Waals surface area contributed by atoms with Crippen molar-refractivity contribution in [1.29, 1.82) is 0 Å². The number of hydrogen-bond donors (Lipinski definition) is 2. The van der Waals surface area contributed by atoms with Crippen LogP contribution in [0.15, 0.2) is 30.3 Å². The van der Waals surface area contributed by atoms with E-state index in [9.17, 15) is 4.79 Å². The second-order valence-corrected chi connectivity index (χ2v) is 3.21. The van der Waals surface area contributed by atoms with Crippen molar-refractivity contribution in [3.05, 3.63) is 30.3 Å². The van der Waals surface area contributed by atoms with Gasteiger partial charge in [-0.15, -0.1) is 0 Å². The van der Waals surface area contributed by atoms with E-state index in [1.807, 2.05) is 37.3 Å². The van der Waals surface area contributed by atoms with E-state index in [2.05, 4.69) is 0 Å². The number of para-hydroxylation sites is 1. The van der Waals surface area contributed by atoms with Crippen LogP contribution in [0.25, 0.3) is 0 Å². The maximum absolute atomic E-state index is 11.7. The molecule has 0 aliphatic heterocycles. The maximum atomic E-state index is 11.7. The zero-order chi connectivity index (χ0) is 11.3. The SMILES string of the molecule is CCN(C(=O)C(N)CO)c1ccccc1. The van der Waals surface area contributed by atoms with Gasteiger partial charge in [0.05, 0.1) is 6.61 Å². The Bertz CT molecular complexity index is 314. The van der Waals surface area contributed by atoms with Crippen molar-refractivity contribution in [3.63, 3.8) is 0 Å². The fraction of sp³-hybridized carbons (Fsp3) is 0.364. The number of nitrogens with two attached hydrogens (primary N) is 1. The second-order valence-electron chi connectivity index (χ2n) is 3.21. The fourth-order valence-corrected chi connectivity index (χ4v) is 1.35. The highest BCUT2D eigenvalue weighted by atomic mass is 16.3. The largest absolute Gasteiger partial charge is 0.394 e. The van der Waals surface area contributed by atoms with Crippen molar-refractivity contribution in [1.82, 2.24) is 0 Å². The maximum Gasteiger partial charge on any atom is 0.246 e. The molecule has 0 saturated carbocycles. The summed E-state index contributed by atoms with van der Waals surface area (Å²) in [5.41, 5.74) is 6.29. The molecule has 0 radical (unpaired) electrons. The summed E-state index contributed by atoms with van der Waals surface area (Å²) in [7, 11) is 0. The summed E-state index contributed by atoms with van der Waals surface area (Å²) in [4.78, 5) is 13.3. The molecule has 4 nitrogen and oxygen atoms in total. The van der Waals surface area contributed by atoms with Gasteiger partial charge in [0, 0.05) is 12.2 Å². The molecule has 0 spiro atoms. The monoisotopic (exact) mass is 208 g/mol. The molecule has 82 valence electrons. The highest BCUT2D eigenvalue weighted by Crippen LogP contribution is 2.13. The zero-order valence-corrected chi connectivity index (χ0v) is 8.76. The van der Waals surface area contributed by atoms with Gasteiger partial charge in [-0.1, -0.05) is 18.2 Å². The van der Waals surface area contributed by atoms with E-state index in [4.69, 9.17) is 10.8 Å². The Kier molecular flexibility index (Phi) is 4.27. The van der Waals surface area contributed by atoms with E-state index in [-0.39, 0.29) is 12.5 Å². The standard InChI is InChI=1S/C11H16N2O2/c1-2-13(11(15)10(12)8-14)9-6-4-3-5-7-9/h3-7,10,14H,2,8,12H2,1H3. The van der Waals surface area contributed by atoms with Crippen LogP contribution in [0.4, 0.5) is 5.69 Å². The molecule has 0 aromatic heterocycles. The summed E-state index contributed by atoms with van der Waals surface area (Å²) in [5, 5.41) is 8.82. The number of benzene rings is 1. The van der Waals surface area contributed by atoms with Crippen LogP contribution in [0.5, 0.6) is 0 Å². The number of aliphatic hydroxyl groups excluding tert-OH is 1. The average Bonchev–Trinajstić information content (AvgIpc) is 2.30. The van der Waals surface area contributed by atoms with Crippen LogP contribution in [-0.2, 0) is 4.79 Å². The van der Waals surface area contributed by atoms with Crippen LogP contribution in [0.2, 0.25) is 0 Å². The Morgan fingerprint density at radius 1 is 1.47 bits per heavy atom. The van der Waals surface area contributed by atoms with Crippen LogP contribution >= 0.6 is 0 Å². The molecule has 15 heavy (non-hydrogen) atoms. The van der Waals surface area contributed by atoms with Crippen LogP contribution in [0.1, 0.15) is 6.92 Å². The van der Waals surface area contributed by atoms with E-state index in [1.54, 1.807) is 4.90 Å². The predicted octanol–water partition coefficient (Wildman–Crippen LogP) is 0.359. The molecule has 1 atom stereocenters. The number of carbonyl (C=O) groups is 1. The van der Waals surface area contributed by atoms with E-state index in [1.165, 1.54) is 0 Å². The Labute approximate surface area is 89.3 Å². The van der Waals surface area contributed by atoms with Gasteiger partial charge in [-0.2, -0.15) is 0 Å². The molecular formula is C11H16N2O2. The van der Waals surface area contributed by atoms with Crippen molar-refractivity contribution in [3.8, 4) is 0 Å². The quantitative estimate of drug-likeness (QED) is 0.750. The van der Waals surface area contributed by atoms with Gasteiger partial charge >= 0.3 is 0 Å². The number of hydrogen-bond acceptors (Lipinski definition) is 3. The Morgan fingerprint density at radius 2 is 2.07 bits per heavy atom. The molecular weight excluding hydrogens is 192 g/mol. The number of amides is 1. The molecule has 0 aliphatic carbocycles. The normalized spacial score (nSPS) is 12.2. The van der Waals surface area contributed by atoms with E-state index >= 15 is 0 Å². The van der Waals surface area contributed by atoms with E-state index < -0.39 is 6.04 Å². The Hall–Kier alpha value is -1.39. The van der Waals surface area contributed by atoms with Crippen molar-refractivity contribution in [2.75, 3.05) is 18.1 Å². The third kappa shape index (κ3) is 2.78. The van der Waals surface area contributed by atoms with Crippen molar-refractivity contribution >= 4 is 11.6 Å². The highest BCUT2D eigenvalue weighted by molar-refractivity contribution is 5.97. The Morgan fingerprint density at radius 3 is 2.53 bits per heavy atom. The minimum absolute atomic E-state index is 0.258. The molecule has 1 unspecified atom stereocenters. The summed E-state index contributed by atoms with van der Waals surface area (Å²) in [6, 6.07) is 8.43. The second kappa shape index (κ2) is 5.48. The summed E-state index contributed by atoms with van der Waals surface area (Å²) >= 11 is 0. The number of aliphatic hydroxyl groups is 1. The first kappa shape index (κ1) is 11.7. The fourth-order valence-electron chi connectivity index (χ4n) is 1.35. The lowest BCUT2D eigenvalue weighted by Gasteiger charge is -2.23. The number of carbonyl (C=O) groups excluding carboxylic acids is 1. The van der Waals surface area contributed by atoms with Gasteiger partial charge in [-0.25, -0.2) is 0 Å². The molecule has 0 saturated heterocycles. The first-order valence-electron chi connectivity index (χ1n) is 4.93. The van der Waals surface area contributed by atoms with Crippen molar-refractivity contribution in [2.45, 2.75) is 13.0 Å². The van der Waals surface area contributed by atoms with Crippen LogP contribution in [0.3, 0.4) is 0 Å². The lowest BCUT2D eigenvalue weighted by molar-refractivity contribution is -0.120. The molecule has 1 rings (SSSR count). The van der Waals surface area contributed by atoms with Gasteiger partial charge in [0.25, 0.3) is 0 Å². The topological polar surface area (TPSA) is 66.6 Å². The number of likely N-dealkylation sites (N-methyl/N-ethyl adjacent to an activating group) is 1. The summed E-state index contributed by atoms with van der Waals surface area (Å²) in [6.07, 6.45) is 0. The molecule has 0 aliphatic rings. The number of rotatable bonds is 4. The third-order valence-electron chi connectivity index (χ3n) is 2.16. The van der Waals surface area contributed by atoms with Crippen molar-refractivity contribution < 1.29 is 9.90 Å². The molecule has 0 heterocycles. The molecule has 1 amide bonds. The lowest BCUT2D eigenvalue weighted by atomic mass is 10.2. The van der Waals surface area contributed by atoms with Gasteiger partial charge in [0.1, 0.15) is 6.04 Å². The van der Waals surface area contributed by atoms with Crippen molar-refractivity contribution in [2.24, 2.45) is 5.73 Å². The molecule has 4 heteroatoms. The first-order valence-corrected chi connectivity index (χ1v) is 4.93. The van der Waals surface area contributed by atoms with E-state index in [0.29, 0.717) is 6.54 Å². The molecule has 3 N–H and O–H groups in total. The Balaban J connectivity index is 2.85. The molecule has 0 fully saturated rings. The number of nitrogens with zero attached hydrogens (tertiary/aromatic N) is 1. The van der Waals surface area contributed by atoms with Crippen LogP contribution in [-0.4, -0.2) is 30.2 Å². The van der Waals surface area contributed by atoms with Gasteiger partial charge in [0.2, 0.25) is 5.91 Å². The van der Waals surface area contributed by atoms with Gasteiger partial charge in [-0.3, -0.25) is 4.79 Å². The predicted molar refractivity (Wildman–Crippen MR) is 59.5 cm³/mol. The molecule has 1 aromatic rings. The minimum atomic E-state index is -0.842. The summed E-state index contributed by atoms with van der Waals surface area (Å²) in [5.74, 6) is -0.258. The summed E-state index contributed by atoms with van der Waals surface area (Å²) in [6.45, 7) is 2.08. The first-order chi connectivity index (χ1) is 7.20. The molecule has 0 bridgehead atoms. The van der Waals surface area contributed by atoms with Crippen LogP contribution in [0, 0.1) is 0 Å². The average molecular weight is 208 g/mol. The van der Waals surface area contributed by atoms with E-state index in [0.717, 1.165) is 5.69 Å². The number of anilines is 1. The van der Waals surface area contributed by atoms with Gasteiger partial charge in [-0.05, 0) is 19.1 Å². The highest BCUT2D eigenvalue weighted by Gasteiger charge is 2.19.